The molecule has 0 aliphatic carbocycles. The van der Waals surface area contributed by atoms with Crippen LogP contribution in [0.3, 0.4) is 0 Å². The Morgan fingerprint density at radius 2 is 1.78 bits per heavy atom. The number of halogens is 1. The molecular formula is C18H16ClN3O. The van der Waals surface area contributed by atoms with Gasteiger partial charge in [-0.25, -0.2) is 9.97 Å². The molecule has 5 heteroatoms. The van der Waals surface area contributed by atoms with E-state index in [1.165, 1.54) is 0 Å². The second kappa shape index (κ2) is 7.11. The molecule has 2 aromatic heterocycles. The molecule has 0 spiro atoms. The van der Waals surface area contributed by atoms with Crippen molar-refractivity contribution in [1.29, 1.82) is 0 Å². The van der Waals surface area contributed by atoms with Crippen LogP contribution in [0.4, 0.5) is 5.82 Å². The van der Waals surface area contributed by atoms with Crippen LogP contribution in [-0.4, -0.2) is 9.97 Å². The maximum absolute atomic E-state index is 6.11. The fraction of sp³-hybridized carbons (Fsp3) is 0.111. The van der Waals surface area contributed by atoms with Crippen LogP contribution in [0.2, 0.25) is 5.02 Å². The Hall–Kier alpha value is -2.59. The Morgan fingerprint density at radius 1 is 1.00 bits per heavy atom. The SMILES string of the molecule is Cc1ccccc1Oc1ncccc1CNc1ncccc1Cl. The Morgan fingerprint density at radius 3 is 2.61 bits per heavy atom. The van der Waals surface area contributed by atoms with Crippen molar-refractivity contribution in [3.63, 3.8) is 0 Å². The topological polar surface area (TPSA) is 47.0 Å². The third-order valence-corrected chi connectivity index (χ3v) is 3.66. The predicted octanol–water partition coefficient (Wildman–Crippen LogP) is 4.84. The Bertz CT molecular complexity index is 808. The maximum atomic E-state index is 6.11. The molecule has 0 bridgehead atoms. The summed E-state index contributed by atoms with van der Waals surface area (Å²) in [5.41, 5.74) is 1.99. The van der Waals surface area contributed by atoms with Gasteiger partial charge in [0.25, 0.3) is 0 Å². The molecule has 0 unspecified atom stereocenters. The third kappa shape index (κ3) is 3.79. The zero-order valence-corrected chi connectivity index (χ0v) is 13.4. The lowest BCUT2D eigenvalue weighted by molar-refractivity contribution is 0.453. The van der Waals surface area contributed by atoms with Gasteiger partial charge in [-0.1, -0.05) is 35.9 Å². The van der Waals surface area contributed by atoms with E-state index in [1.807, 2.05) is 43.3 Å². The van der Waals surface area contributed by atoms with Crippen LogP contribution >= 0.6 is 11.6 Å². The van der Waals surface area contributed by atoms with Crippen LogP contribution in [0.1, 0.15) is 11.1 Å². The van der Waals surface area contributed by atoms with E-state index in [1.54, 1.807) is 24.5 Å². The highest BCUT2D eigenvalue weighted by Crippen LogP contribution is 2.26. The van der Waals surface area contributed by atoms with E-state index >= 15 is 0 Å². The summed E-state index contributed by atoms with van der Waals surface area (Å²) in [4.78, 5) is 8.55. The summed E-state index contributed by atoms with van der Waals surface area (Å²) in [6.07, 6.45) is 3.41. The number of rotatable bonds is 5. The summed E-state index contributed by atoms with van der Waals surface area (Å²) < 4.78 is 5.95. The van der Waals surface area contributed by atoms with Gasteiger partial charge in [0.05, 0.1) is 5.02 Å². The van der Waals surface area contributed by atoms with Gasteiger partial charge in [0, 0.05) is 24.5 Å². The molecule has 0 aliphatic heterocycles. The number of ether oxygens (including phenoxy) is 1. The first-order chi connectivity index (χ1) is 11.2. The highest BCUT2D eigenvalue weighted by molar-refractivity contribution is 6.32. The molecule has 0 amide bonds. The smallest absolute Gasteiger partial charge is 0.224 e. The molecule has 116 valence electrons. The highest BCUT2D eigenvalue weighted by atomic mass is 35.5. The minimum Gasteiger partial charge on any atom is -0.438 e. The minimum absolute atomic E-state index is 0.520. The lowest BCUT2D eigenvalue weighted by atomic mass is 10.2. The zero-order chi connectivity index (χ0) is 16.1. The molecule has 0 aliphatic rings. The van der Waals surface area contributed by atoms with Crippen molar-refractivity contribution in [3.8, 4) is 11.6 Å². The van der Waals surface area contributed by atoms with Gasteiger partial charge in [-0.15, -0.1) is 0 Å². The number of aromatic nitrogens is 2. The second-order valence-electron chi connectivity index (χ2n) is 5.02. The normalized spacial score (nSPS) is 10.3. The molecule has 23 heavy (non-hydrogen) atoms. The minimum atomic E-state index is 0.520. The number of anilines is 1. The van der Waals surface area contributed by atoms with Gasteiger partial charge in [0.1, 0.15) is 11.6 Å². The molecular weight excluding hydrogens is 310 g/mol. The number of hydrogen-bond acceptors (Lipinski definition) is 4. The summed E-state index contributed by atoms with van der Waals surface area (Å²) in [6, 6.07) is 15.3. The molecule has 0 fully saturated rings. The van der Waals surface area contributed by atoms with Crippen molar-refractivity contribution < 1.29 is 4.74 Å². The van der Waals surface area contributed by atoms with Gasteiger partial charge in [0.15, 0.2) is 0 Å². The molecule has 4 nitrogen and oxygen atoms in total. The number of para-hydroxylation sites is 1. The van der Waals surface area contributed by atoms with Crippen LogP contribution in [0, 0.1) is 6.92 Å². The van der Waals surface area contributed by atoms with Crippen molar-refractivity contribution in [2.24, 2.45) is 0 Å². The lowest BCUT2D eigenvalue weighted by Gasteiger charge is -2.12. The largest absolute Gasteiger partial charge is 0.438 e. The predicted molar refractivity (Wildman–Crippen MR) is 92.1 cm³/mol. The summed E-state index contributed by atoms with van der Waals surface area (Å²) in [5.74, 6) is 2.00. The van der Waals surface area contributed by atoms with Crippen molar-refractivity contribution in [1.82, 2.24) is 9.97 Å². The third-order valence-electron chi connectivity index (χ3n) is 3.35. The van der Waals surface area contributed by atoms with Crippen molar-refractivity contribution >= 4 is 17.4 Å². The molecule has 0 saturated carbocycles. The number of nitrogens with zero attached hydrogens (tertiary/aromatic N) is 2. The van der Waals surface area contributed by atoms with Crippen LogP contribution in [0.25, 0.3) is 0 Å². The van der Waals surface area contributed by atoms with E-state index in [0.717, 1.165) is 16.9 Å². The first-order valence-corrected chi connectivity index (χ1v) is 7.63. The van der Waals surface area contributed by atoms with Gasteiger partial charge < -0.3 is 10.1 Å². The van der Waals surface area contributed by atoms with Crippen LogP contribution in [-0.2, 0) is 6.54 Å². The van der Waals surface area contributed by atoms with Gasteiger partial charge >= 0.3 is 0 Å². The van der Waals surface area contributed by atoms with Gasteiger partial charge in [0.2, 0.25) is 5.88 Å². The lowest BCUT2D eigenvalue weighted by Crippen LogP contribution is -2.04. The van der Waals surface area contributed by atoms with Crippen LogP contribution in [0.15, 0.2) is 60.9 Å². The quantitative estimate of drug-likeness (QED) is 0.729. The standard InChI is InChI=1S/C18H16ClN3O/c1-13-6-2-3-9-16(13)23-18-14(7-4-11-21-18)12-22-17-15(19)8-5-10-20-17/h2-11H,12H2,1H3,(H,20,22). The van der Waals surface area contributed by atoms with E-state index in [0.29, 0.717) is 23.3 Å². The van der Waals surface area contributed by atoms with E-state index in [9.17, 15) is 0 Å². The number of pyridine rings is 2. The molecule has 0 radical (unpaired) electrons. The van der Waals surface area contributed by atoms with Crippen molar-refractivity contribution in [3.05, 3.63) is 77.1 Å². The summed E-state index contributed by atoms with van der Waals surface area (Å²) >= 11 is 6.11. The maximum Gasteiger partial charge on any atom is 0.224 e. The highest BCUT2D eigenvalue weighted by Gasteiger charge is 2.08. The number of aryl methyl sites for hydroxylation is 1. The zero-order valence-electron chi connectivity index (χ0n) is 12.7. The first-order valence-electron chi connectivity index (χ1n) is 7.26. The van der Waals surface area contributed by atoms with Crippen LogP contribution in [0.5, 0.6) is 11.6 Å². The molecule has 1 N–H and O–H groups in total. The molecule has 3 aromatic rings. The van der Waals surface area contributed by atoms with Gasteiger partial charge in [-0.2, -0.15) is 0 Å². The van der Waals surface area contributed by atoms with E-state index in [4.69, 9.17) is 16.3 Å². The van der Waals surface area contributed by atoms with E-state index < -0.39 is 0 Å². The summed E-state index contributed by atoms with van der Waals surface area (Å²) in [7, 11) is 0. The number of benzene rings is 1. The number of hydrogen-bond donors (Lipinski definition) is 1. The first kappa shape index (κ1) is 15.3. The monoisotopic (exact) mass is 325 g/mol. The Balaban J connectivity index is 1.78. The molecule has 1 aromatic carbocycles. The Kier molecular flexibility index (Phi) is 4.74. The van der Waals surface area contributed by atoms with E-state index in [-0.39, 0.29) is 0 Å². The van der Waals surface area contributed by atoms with E-state index in [2.05, 4.69) is 15.3 Å². The van der Waals surface area contributed by atoms with Gasteiger partial charge in [-0.05, 0) is 36.8 Å². The van der Waals surface area contributed by atoms with Crippen molar-refractivity contribution in [2.45, 2.75) is 13.5 Å². The number of nitrogens with one attached hydrogen (secondary N) is 1. The average Bonchev–Trinajstić information content (AvgIpc) is 2.57. The molecule has 0 atom stereocenters. The molecule has 3 rings (SSSR count). The average molecular weight is 326 g/mol. The molecule has 2 heterocycles. The second-order valence-corrected chi connectivity index (χ2v) is 5.43. The van der Waals surface area contributed by atoms with Crippen molar-refractivity contribution in [2.75, 3.05) is 5.32 Å². The fourth-order valence-electron chi connectivity index (χ4n) is 2.12. The summed E-state index contributed by atoms with van der Waals surface area (Å²) in [6.45, 7) is 2.52. The van der Waals surface area contributed by atoms with Gasteiger partial charge in [-0.3, -0.25) is 0 Å². The molecule has 0 saturated heterocycles. The Labute approximate surface area is 140 Å². The fourth-order valence-corrected chi connectivity index (χ4v) is 2.31. The van der Waals surface area contributed by atoms with Crippen LogP contribution < -0.4 is 10.1 Å². The summed E-state index contributed by atoms with van der Waals surface area (Å²) in [5, 5.41) is 3.79.